The summed E-state index contributed by atoms with van der Waals surface area (Å²) in [7, 11) is 0. The Labute approximate surface area is 115 Å². The summed E-state index contributed by atoms with van der Waals surface area (Å²) in [6.45, 7) is 0. The Morgan fingerprint density at radius 2 is 1.85 bits per heavy atom. The molecule has 1 radical (unpaired) electrons. The molecule has 0 aromatic heterocycles. The average Bonchev–Trinajstić information content (AvgIpc) is 3.04. The number of hydrogen-bond acceptors (Lipinski definition) is 1. The van der Waals surface area contributed by atoms with Crippen molar-refractivity contribution >= 4 is 11.8 Å². The van der Waals surface area contributed by atoms with Crippen LogP contribution in [0.4, 0.5) is 5.69 Å². The summed E-state index contributed by atoms with van der Waals surface area (Å²) in [5, 5.41) is 4.92. The third kappa shape index (κ3) is 1.15. The first kappa shape index (κ1) is 10.2. The van der Waals surface area contributed by atoms with E-state index in [1.54, 1.807) is 0 Å². The van der Waals surface area contributed by atoms with Crippen molar-refractivity contribution in [3.63, 3.8) is 0 Å². The molecule has 0 amide bonds. The summed E-state index contributed by atoms with van der Waals surface area (Å²) in [6, 6.07) is 22.0. The maximum Gasteiger partial charge on any atom is 0.0722 e. The maximum absolute atomic E-state index is 4.73. The Morgan fingerprint density at radius 3 is 2.85 bits per heavy atom. The second-order valence-corrected chi connectivity index (χ2v) is 5.21. The Kier molecular flexibility index (Phi) is 1.75. The van der Waals surface area contributed by atoms with Crippen LogP contribution in [-0.4, -0.2) is 0 Å². The average molecular weight is 252 g/mol. The van der Waals surface area contributed by atoms with Crippen LogP contribution >= 0.6 is 0 Å². The van der Waals surface area contributed by atoms with Gasteiger partial charge in [0.2, 0.25) is 0 Å². The lowest BCUT2D eigenvalue weighted by Crippen LogP contribution is -2.02. The van der Waals surface area contributed by atoms with E-state index >= 15 is 0 Å². The lowest BCUT2D eigenvalue weighted by Gasteiger charge is -2.02. The van der Waals surface area contributed by atoms with Crippen LogP contribution in [0, 0.1) is 16.5 Å². The second-order valence-electron chi connectivity index (χ2n) is 5.21. The number of hydrogen-bond donors (Lipinski definition) is 0. The molecule has 3 aromatic rings. The van der Waals surface area contributed by atoms with Gasteiger partial charge < -0.3 is 0 Å². The summed E-state index contributed by atoms with van der Waals surface area (Å²) in [5.74, 6) is 0. The van der Waals surface area contributed by atoms with Crippen molar-refractivity contribution in [2.75, 3.05) is 0 Å². The van der Waals surface area contributed by atoms with Crippen molar-refractivity contribution in [3.05, 3.63) is 87.2 Å². The van der Waals surface area contributed by atoms with Gasteiger partial charge in [-0.2, -0.15) is 0 Å². The quantitative estimate of drug-likeness (QED) is 0.402. The van der Waals surface area contributed by atoms with Crippen LogP contribution in [0.25, 0.3) is 17.2 Å². The zero-order valence-corrected chi connectivity index (χ0v) is 10.7. The molecular weight excluding hydrogens is 242 g/mol. The van der Waals surface area contributed by atoms with Crippen LogP contribution in [-0.2, 0) is 0 Å². The van der Waals surface area contributed by atoms with E-state index in [-0.39, 0.29) is 0 Å². The standard InChI is InChI=1S/C19H10N/c1-2-6-13-12(5-1)11-16-14(13)9-10-18-19(16)15-7-3-4-8-17(15)20-18/h1,3-11H. The normalized spacial score (nSPS) is 12.8. The van der Waals surface area contributed by atoms with Crippen LogP contribution in [0.1, 0.15) is 5.56 Å². The van der Waals surface area contributed by atoms with Crippen molar-refractivity contribution in [1.29, 1.82) is 0 Å². The monoisotopic (exact) mass is 252 g/mol. The van der Waals surface area contributed by atoms with E-state index in [1.165, 1.54) is 32.3 Å². The first-order valence-corrected chi connectivity index (χ1v) is 6.75. The molecule has 0 N–H and O–H groups in total. The molecule has 0 saturated carbocycles. The molecule has 20 heavy (non-hydrogen) atoms. The van der Waals surface area contributed by atoms with E-state index in [4.69, 9.17) is 4.99 Å². The smallest absolute Gasteiger partial charge is 0.0722 e. The van der Waals surface area contributed by atoms with Crippen molar-refractivity contribution < 1.29 is 0 Å². The fourth-order valence-electron chi connectivity index (χ4n) is 3.24. The van der Waals surface area contributed by atoms with Crippen LogP contribution in [0.3, 0.4) is 0 Å². The van der Waals surface area contributed by atoms with E-state index in [9.17, 15) is 0 Å². The number of fused-ring (bicyclic) bond motifs is 6. The van der Waals surface area contributed by atoms with Crippen molar-refractivity contribution in [3.8, 4) is 11.1 Å². The van der Waals surface area contributed by atoms with Gasteiger partial charge in [-0.3, -0.25) is 0 Å². The van der Waals surface area contributed by atoms with Gasteiger partial charge in [-0.05, 0) is 51.6 Å². The molecule has 91 valence electrons. The highest BCUT2D eigenvalue weighted by Gasteiger charge is 2.18. The first-order valence-electron chi connectivity index (χ1n) is 6.75. The van der Waals surface area contributed by atoms with E-state index < -0.39 is 0 Å². The third-order valence-corrected chi connectivity index (χ3v) is 4.13. The minimum atomic E-state index is 1.08. The summed E-state index contributed by atoms with van der Waals surface area (Å²) >= 11 is 0. The minimum Gasteiger partial charge on any atom is -0.248 e. The fourth-order valence-corrected chi connectivity index (χ4v) is 3.24. The molecule has 0 saturated heterocycles. The van der Waals surface area contributed by atoms with Gasteiger partial charge in [-0.15, -0.1) is 0 Å². The predicted molar refractivity (Wildman–Crippen MR) is 78.8 cm³/mol. The topological polar surface area (TPSA) is 12.4 Å². The van der Waals surface area contributed by atoms with Crippen LogP contribution in [0.5, 0.6) is 0 Å². The van der Waals surface area contributed by atoms with Gasteiger partial charge in [-0.25, -0.2) is 4.99 Å². The van der Waals surface area contributed by atoms with Crippen molar-refractivity contribution in [2.24, 2.45) is 4.99 Å². The lowest BCUT2D eigenvalue weighted by molar-refractivity contribution is 1.39. The molecule has 0 spiro atoms. The van der Waals surface area contributed by atoms with Crippen LogP contribution in [0.2, 0.25) is 0 Å². The Balaban J connectivity index is 2.03. The molecule has 2 aliphatic rings. The Bertz CT molecular complexity index is 1090. The first-order chi connectivity index (χ1) is 9.92. The minimum absolute atomic E-state index is 1.08. The van der Waals surface area contributed by atoms with Gasteiger partial charge in [0, 0.05) is 11.1 Å². The van der Waals surface area contributed by atoms with Crippen LogP contribution in [0.15, 0.2) is 59.6 Å². The molecule has 0 unspecified atom stereocenters. The summed E-state index contributed by atoms with van der Waals surface area (Å²) in [4.78, 5) is 4.73. The molecule has 1 nitrogen and oxygen atoms in total. The third-order valence-electron chi connectivity index (χ3n) is 4.13. The number of para-hydroxylation sites is 1. The molecule has 5 rings (SSSR count). The number of rotatable bonds is 0. The number of nitrogens with zero attached hydrogens (tertiary/aromatic N) is 1. The Hall–Kier alpha value is -2.67. The highest BCUT2D eigenvalue weighted by molar-refractivity contribution is 5.86. The molecule has 0 atom stereocenters. The predicted octanol–water partition coefficient (Wildman–Crippen LogP) is 2.85. The van der Waals surface area contributed by atoms with E-state index in [0.29, 0.717) is 0 Å². The number of benzene rings is 3. The Morgan fingerprint density at radius 1 is 0.900 bits per heavy atom. The van der Waals surface area contributed by atoms with E-state index in [2.05, 4.69) is 54.6 Å². The molecule has 1 aliphatic carbocycles. The zero-order valence-electron chi connectivity index (χ0n) is 10.7. The van der Waals surface area contributed by atoms with Gasteiger partial charge in [0.25, 0.3) is 0 Å². The molecule has 0 fully saturated rings. The molecule has 1 heteroatoms. The summed E-state index contributed by atoms with van der Waals surface area (Å²) in [6.07, 6.45) is 2.27. The molecule has 0 bridgehead atoms. The van der Waals surface area contributed by atoms with Crippen molar-refractivity contribution in [2.45, 2.75) is 0 Å². The van der Waals surface area contributed by atoms with Gasteiger partial charge in [0.15, 0.2) is 0 Å². The fraction of sp³-hybridized carbons (Fsp3) is 0. The summed E-state index contributed by atoms with van der Waals surface area (Å²) < 4.78 is 0. The van der Waals surface area contributed by atoms with E-state index in [0.717, 1.165) is 11.0 Å². The van der Waals surface area contributed by atoms with Gasteiger partial charge >= 0.3 is 0 Å². The van der Waals surface area contributed by atoms with E-state index in [1.807, 2.05) is 12.1 Å². The van der Waals surface area contributed by atoms with Gasteiger partial charge in [-0.1, -0.05) is 36.4 Å². The molecule has 1 aliphatic heterocycles. The highest BCUT2D eigenvalue weighted by Crippen LogP contribution is 2.35. The molecular formula is C19H10N. The molecule has 1 heterocycles. The van der Waals surface area contributed by atoms with Gasteiger partial charge in [0.1, 0.15) is 0 Å². The van der Waals surface area contributed by atoms with Crippen LogP contribution < -0.4 is 10.6 Å². The zero-order chi connectivity index (χ0) is 13.1. The maximum atomic E-state index is 4.73. The van der Waals surface area contributed by atoms with Gasteiger partial charge in [0.05, 0.1) is 11.0 Å². The lowest BCUT2D eigenvalue weighted by atomic mass is 9.99. The SMILES string of the molecule is [c]1ccc2c(c1)=c1ccc3c(c1C=2)-c1ccccc1N=3. The summed E-state index contributed by atoms with van der Waals surface area (Å²) in [5.41, 5.74) is 4.89. The second kappa shape index (κ2) is 3.45. The molecule has 3 aromatic carbocycles. The van der Waals surface area contributed by atoms with Crippen molar-refractivity contribution in [1.82, 2.24) is 0 Å². The highest BCUT2D eigenvalue weighted by atomic mass is 14.8. The largest absolute Gasteiger partial charge is 0.248 e.